The van der Waals surface area contributed by atoms with E-state index in [2.05, 4.69) is 58.5 Å². The summed E-state index contributed by atoms with van der Waals surface area (Å²) < 4.78 is 0. The van der Waals surface area contributed by atoms with Crippen LogP contribution in [0.15, 0.2) is 48.7 Å². The molecule has 0 atom stereocenters. The molecule has 0 aliphatic rings. The summed E-state index contributed by atoms with van der Waals surface area (Å²) in [6, 6.07) is 15.3. The van der Waals surface area contributed by atoms with Gasteiger partial charge >= 0.3 is 0 Å². The third-order valence-corrected chi connectivity index (χ3v) is 6.13. The van der Waals surface area contributed by atoms with Gasteiger partial charge in [-0.2, -0.15) is 5.10 Å². The van der Waals surface area contributed by atoms with Crippen LogP contribution < -0.4 is 0 Å². The number of aromatic amines is 1. The molecule has 1 aromatic carbocycles. The van der Waals surface area contributed by atoms with Gasteiger partial charge < -0.3 is 0 Å². The van der Waals surface area contributed by atoms with Crippen molar-refractivity contribution in [2.75, 3.05) is 0 Å². The standard InChI is InChI=1S/C23H25N3S/c1-3-4-5-6-7-19-9-11-22(27-19)18-8-10-20-17(15-18)12-13-24-23(20)21-14-16(2)25-26-21/h8-15H,3-7H2,1-2H3,(H,25,26). The molecule has 27 heavy (non-hydrogen) atoms. The quantitative estimate of drug-likeness (QED) is 0.361. The molecule has 0 radical (unpaired) electrons. The molecule has 0 saturated carbocycles. The van der Waals surface area contributed by atoms with Crippen molar-refractivity contribution >= 4 is 22.1 Å². The molecule has 0 spiro atoms. The summed E-state index contributed by atoms with van der Waals surface area (Å²) in [5.74, 6) is 0. The molecule has 3 heterocycles. The number of nitrogens with zero attached hydrogens (tertiary/aromatic N) is 2. The summed E-state index contributed by atoms with van der Waals surface area (Å²) in [6.07, 6.45) is 8.34. The summed E-state index contributed by atoms with van der Waals surface area (Å²) in [7, 11) is 0. The predicted molar refractivity (Wildman–Crippen MR) is 115 cm³/mol. The van der Waals surface area contributed by atoms with Crippen LogP contribution in [0.25, 0.3) is 32.6 Å². The number of fused-ring (bicyclic) bond motifs is 1. The number of H-pyrrole nitrogens is 1. The molecule has 3 aromatic heterocycles. The fraction of sp³-hybridized carbons (Fsp3) is 0.304. The number of nitrogens with one attached hydrogen (secondary N) is 1. The smallest absolute Gasteiger partial charge is 0.111 e. The van der Waals surface area contributed by atoms with E-state index in [0.29, 0.717) is 0 Å². The van der Waals surface area contributed by atoms with Gasteiger partial charge in [0.15, 0.2) is 0 Å². The molecule has 0 bridgehead atoms. The lowest BCUT2D eigenvalue weighted by Crippen LogP contribution is -1.87. The van der Waals surface area contributed by atoms with E-state index >= 15 is 0 Å². The molecule has 0 unspecified atom stereocenters. The number of aryl methyl sites for hydroxylation is 2. The Morgan fingerprint density at radius 2 is 1.93 bits per heavy atom. The SMILES string of the molecule is CCCCCCc1ccc(-c2ccc3c(-c4cc(C)[nH]n4)nccc3c2)s1. The Labute approximate surface area is 164 Å². The van der Waals surface area contributed by atoms with E-state index in [9.17, 15) is 0 Å². The minimum atomic E-state index is 0.899. The van der Waals surface area contributed by atoms with E-state index in [-0.39, 0.29) is 0 Å². The Morgan fingerprint density at radius 1 is 1.00 bits per heavy atom. The second-order valence-electron chi connectivity index (χ2n) is 7.11. The third-order valence-electron chi connectivity index (χ3n) is 4.94. The largest absolute Gasteiger partial charge is 0.282 e. The monoisotopic (exact) mass is 375 g/mol. The maximum Gasteiger partial charge on any atom is 0.111 e. The van der Waals surface area contributed by atoms with E-state index in [1.54, 1.807) is 0 Å². The van der Waals surface area contributed by atoms with Gasteiger partial charge in [0, 0.05) is 27.0 Å². The minimum absolute atomic E-state index is 0.899. The summed E-state index contributed by atoms with van der Waals surface area (Å²) in [5, 5.41) is 9.73. The number of aromatic nitrogens is 3. The Hall–Kier alpha value is -2.46. The lowest BCUT2D eigenvalue weighted by molar-refractivity contribution is 0.670. The first kappa shape index (κ1) is 17.9. The lowest BCUT2D eigenvalue weighted by atomic mass is 10.0. The molecule has 0 fully saturated rings. The van der Waals surface area contributed by atoms with Gasteiger partial charge in [0.2, 0.25) is 0 Å². The van der Waals surface area contributed by atoms with Gasteiger partial charge in [-0.1, -0.05) is 38.3 Å². The molecule has 0 saturated heterocycles. The molecule has 3 nitrogen and oxygen atoms in total. The van der Waals surface area contributed by atoms with Crippen LogP contribution >= 0.6 is 11.3 Å². The van der Waals surface area contributed by atoms with E-state index in [1.807, 2.05) is 30.5 Å². The summed E-state index contributed by atoms with van der Waals surface area (Å²) >= 11 is 1.92. The van der Waals surface area contributed by atoms with Gasteiger partial charge in [-0.15, -0.1) is 11.3 Å². The molecule has 0 amide bonds. The molecule has 4 heteroatoms. The average molecular weight is 376 g/mol. The van der Waals surface area contributed by atoms with Crippen LogP contribution in [-0.2, 0) is 6.42 Å². The number of hydrogen-bond donors (Lipinski definition) is 1. The van der Waals surface area contributed by atoms with Crippen molar-refractivity contribution in [3.8, 4) is 21.8 Å². The van der Waals surface area contributed by atoms with Crippen molar-refractivity contribution in [2.45, 2.75) is 46.0 Å². The highest BCUT2D eigenvalue weighted by Crippen LogP contribution is 2.33. The first-order valence-corrected chi connectivity index (χ1v) is 10.6. The normalized spacial score (nSPS) is 11.3. The molecule has 4 rings (SSSR count). The highest BCUT2D eigenvalue weighted by molar-refractivity contribution is 7.15. The minimum Gasteiger partial charge on any atom is -0.282 e. The van der Waals surface area contributed by atoms with Gasteiger partial charge in [-0.05, 0) is 61.0 Å². The Kier molecular flexibility index (Phi) is 5.35. The topological polar surface area (TPSA) is 41.6 Å². The lowest BCUT2D eigenvalue weighted by Gasteiger charge is -2.05. The van der Waals surface area contributed by atoms with Crippen molar-refractivity contribution < 1.29 is 0 Å². The first-order chi connectivity index (χ1) is 13.2. The van der Waals surface area contributed by atoms with Crippen molar-refractivity contribution in [1.29, 1.82) is 0 Å². The number of unbranched alkanes of at least 4 members (excludes halogenated alkanes) is 3. The molecule has 4 aromatic rings. The zero-order chi connectivity index (χ0) is 18.6. The fourth-order valence-electron chi connectivity index (χ4n) is 3.47. The first-order valence-electron chi connectivity index (χ1n) is 9.75. The van der Waals surface area contributed by atoms with Crippen LogP contribution in [-0.4, -0.2) is 15.2 Å². The van der Waals surface area contributed by atoms with Gasteiger partial charge in [-0.3, -0.25) is 10.1 Å². The molecule has 0 aliphatic carbocycles. The van der Waals surface area contributed by atoms with E-state index in [1.165, 1.54) is 52.8 Å². The number of hydrogen-bond acceptors (Lipinski definition) is 3. The van der Waals surface area contributed by atoms with Crippen molar-refractivity contribution in [3.63, 3.8) is 0 Å². The summed E-state index contributed by atoms with van der Waals surface area (Å²) in [5.41, 5.74) is 4.16. The zero-order valence-electron chi connectivity index (χ0n) is 16.0. The van der Waals surface area contributed by atoms with E-state index in [4.69, 9.17) is 0 Å². The van der Waals surface area contributed by atoms with Crippen LogP contribution in [0.4, 0.5) is 0 Å². The Morgan fingerprint density at radius 3 is 2.74 bits per heavy atom. The number of thiophene rings is 1. The number of rotatable bonds is 7. The van der Waals surface area contributed by atoms with Gasteiger partial charge in [-0.25, -0.2) is 0 Å². The molecule has 1 N–H and O–H groups in total. The van der Waals surface area contributed by atoms with Gasteiger partial charge in [0.05, 0.1) is 5.69 Å². The Bertz CT molecular complexity index is 1040. The van der Waals surface area contributed by atoms with E-state index < -0.39 is 0 Å². The second kappa shape index (κ2) is 8.05. The highest BCUT2D eigenvalue weighted by Gasteiger charge is 2.10. The van der Waals surface area contributed by atoms with E-state index in [0.717, 1.165) is 22.5 Å². The van der Waals surface area contributed by atoms with Crippen LogP contribution in [0.5, 0.6) is 0 Å². The molecular formula is C23H25N3S. The Balaban J connectivity index is 1.60. The average Bonchev–Trinajstić information content (AvgIpc) is 3.33. The molecular weight excluding hydrogens is 350 g/mol. The fourth-order valence-corrected chi connectivity index (χ4v) is 4.51. The highest BCUT2D eigenvalue weighted by atomic mass is 32.1. The van der Waals surface area contributed by atoms with Crippen molar-refractivity contribution in [3.05, 3.63) is 59.2 Å². The van der Waals surface area contributed by atoms with Gasteiger partial charge in [0.25, 0.3) is 0 Å². The van der Waals surface area contributed by atoms with Crippen molar-refractivity contribution in [2.24, 2.45) is 0 Å². The second-order valence-corrected chi connectivity index (χ2v) is 8.28. The zero-order valence-corrected chi connectivity index (χ0v) is 16.8. The summed E-state index contributed by atoms with van der Waals surface area (Å²) in [4.78, 5) is 7.40. The number of pyridine rings is 1. The maximum atomic E-state index is 4.57. The van der Waals surface area contributed by atoms with Crippen molar-refractivity contribution in [1.82, 2.24) is 15.2 Å². The number of benzene rings is 1. The molecule has 0 aliphatic heterocycles. The van der Waals surface area contributed by atoms with Gasteiger partial charge in [0.1, 0.15) is 5.69 Å². The third kappa shape index (κ3) is 3.96. The van der Waals surface area contributed by atoms with Crippen LogP contribution in [0.3, 0.4) is 0 Å². The van der Waals surface area contributed by atoms with Crippen LogP contribution in [0.1, 0.15) is 43.2 Å². The predicted octanol–water partition coefficient (Wildman–Crippen LogP) is 6.78. The maximum absolute atomic E-state index is 4.57. The molecule has 138 valence electrons. The van der Waals surface area contributed by atoms with Crippen LogP contribution in [0, 0.1) is 6.92 Å². The van der Waals surface area contributed by atoms with Crippen LogP contribution in [0.2, 0.25) is 0 Å². The summed E-state index contributed by atoms with van der Waals surface area (Å²) in [6.45, 7) is 4.27.